The van der Waals surface area contributed by atoms with Crippen LogP contribution in [0.3, 0.4) is 0 Å². The van der Waals surface area contributed by atoms with Crippen LogP contribution in [0.5, 0.6) is 11.5 Å². The van der Waals surface area contributed by atoms with E-state index < -0.39 is 0 Å². The van der Waals surface area contributed by atoms with E-state index in [4.69, 9.17) is 9.47 Å². The van der Waals surface area contributed by atoms with Gasteiger partial charge in [0.1, 0.15) is 13.2 Å². The smallest absolute Gasteiger partial charge is 0.227 e. The molecule has 2 aliphatic heterocycles. The molecule has 5 nitrogen and oxygen atoms in total. The number of piperidine rings is 1. The quantitative estimate of drug-likeness (QED) is 0.898. The number of hydrogen-bond donors (Lipinski definition) is 1. The van der Waals surface area contributed by atoms with Gasteiger partial charge in [-0.15, -0.1) is 0 Å². The molecule has 1 fully saturated rings. The first-order valence-corrected chi connectivity index (χ1v) is 9.66. The lowest BCUT2D eigenvalue weighted by molar-refractivity contribution is -0.121. The van der Waals surface area contributed by atoms with Crippen molar-refractivity contribution >= 4 is 11.6 Å². The average Bonchev–Trinajstić information content (AvgIpc) is 2.70. The minimum absolute atomic E-state index is 0.0625. The van der Waals surface area contributed by atoms with E-state index in [1.165, 1.54) is 11.1 Å². The van der Waals surface area contributed by atoms with Gasteiger partial charge >= 0.3 is 0 Å². The number of carbonyl (C=O) groups is 1. The van der Waals surface area contributed by atoms with Gasteiger partial charge in [-0.25, -0.2) is 0 Å². The van der Waals surface area contributed by atoms with Crippen molar-refractivity contribution in [2.24, 2.45) is 5.92 Å². The van der Waals surface area contributed by atoms with Crippen LogP contribution >= 0.6 is 0 Å². The maximum Gasteiger partial charge on any atom is 0.227 e. The molecule has 1 N–H and O–H groups in total. The van der Waals surface area contributed by atoms with Crippen LogP contribution in [0.2, 0.25) is 0 Å². The number of anilines is 1. The number of amides is 1. The third-order valence-electron chi connectivity index (χ3n) is 5.29. The highest BCUT2D eigenvalue weighted by atomic mass is 16.6. The second-order valence-electron chi connectivity index (χ2n) is 7.38. The number of ether oxygens (including phenoxy) is 2. The molecule has 0 spiro atoms. The summed E-state index contributed by atoms with van der Waals surface area (Å²) >= 11 is 0. The number of hydrogen-bond acceptors (Lipinski definition) is 4. The highest BCUT2D eigenvalue weighted by Gasteiger charge is 2.25. The maximum atomic E-state index is 12.6. The molecule has 0 aromatic heterocycles. The van der Waals surface area contributed by atoms with Crippen LogP contribution in [-0.2, 0) is 11.3 Å². The first kappa shape index (κ1) is 17.9. The van der Waals surface area contributed by atoms with Crippen molar-refractivity contribution in [1.82, 2.24) is 4.90 Å². The Morgan fingerprint density at radius 1 is 1.04 bits per heavy atom. The molecule has 1 saturated heterocycles. The zero-order valence-corrected chi connectivity index (χ0v) is 15.7. The minimum Gasteiger partial charge on any atom is -0.486 e. The summed E-state index contributed by atoms with van der Waals surface area (Å²) < 4.78 is 11.1. The summed E-state index contributed by atoms with van der Waals surface area (Å²) in [6.07, 6.45) is 1.78. The van der Waals surface area contributed by atoms with Gasteiger partial charge in [0.2, 0.25) is 5.91 Å². The van der Waals surface area contributed by atoms with Crippen LogP contribution in [0.4, 0.5) is 5.69 Å². The Morgan fingerprint density at radius 3 is 2.48 bits per heavy atom. The SMILES string of the molecule is Cc1ccc(CN2CCC(C(=O)Nc3ccc4c(c3)OCCO4)CC2)cc1. The van der Waals surface area contributed by atoms with Crippen molar-refractivity contribution in [1.29, 1.82) is 0 Å². The molecule has 2 aliphatic rings. The number of benzene rings is 2. The Morgan fingerprint density at radius 2 is 1.74 bits per heavy atom. The molecule has 0 unspecified atom stereocenters. The Hall–Kier alpha value is -2.53. The number of fused-ring (bicyclic) bond motifs is 1. The second-order valence-corrected chi connectivity index (χ2v) is 7.38. The van der Waals surface area contributed by atoms with E-state index >= 15 is 0 Å². The summed E-state index contributed by atoms with van der Waals surface area (Å²) in [4.78, 5) is 15.1. The van der Waals surface area contributed by atoms with Gasteiger partial charge in [0.15, 0.2) is 11.5 Å². The lowest BCUT2D eigenvalue weighted by Crippen LogP contribution is -2.37. The molecule has 2 aromatic rings. The maximum absolute atomic E-state index is 12.6. The number of nitrogens with one attached hydrogen (secondary N) is 1. The molecule has 5 heteroatoms. The highest BCUT2D eigenvalue weighted by molar-refractivity contribution is 5.93. The Balaban J connectivity index is 1.29. The third kappa shape index (κ3) is 4.42. The fourth-order valence-corrected chi connectivity index (χ4v) is 3.67. The van der Waals surface area contributed by atoms with E-state index in [2.05, 4.69) is 41.4 Å². The average molecular weight is 366 g/mol. The zero-order chi connectivity index (χ0) is 18.6. The second kappa shape index (κ2) is 8.01. The van der Waals surface area contributed by atoms with Crippen molar-refractivity contribution < 1.29 is 14.3 Å². The largest absolute Gasteiger partial charge is 0.486 e. The standard InChI is InChI=1S/C22H26N2O3/c1-16-2-4-17(5-3-16)15-24-10-8-18(9-11-24)22(25)23-19-6-7-20-21(14-19)27-13-12-26-20/h2-7,14,18H,8-13,15H2,1H3,(H,23,25). The summed E-state index contributed by atoms with van der Waals surface area (Å²) in [6, 6.07) is 14.3. The molecule has 0 atom stereocenters. The van der Waals surface area contributed by atoms with Crippen molar-refractivity contribution in [2.75, 3.05) is 31.6 Å². The molecule has 142 valence electrons. The van der Waals surface area contributed by atoms with E-state index in [1.54, 1.807) is 0 Å². The Bertz CT molecular complexity index is 796. The molecular weight excluding hydrogens is 340 g/mol. The zero-order valence-electron chi connectivity index (χ0n) is 15.7. The van der Waals surface area contributed by atoms with Crippen LogP contribution in [0, 0.1) is 12.8 Å². The molecule has 0 saturated carbocycles. The first-order valence-electron chi connectivity index (χ1n) is 9.66. The lowest BCUT2D eigenvalue weighted by Gasteiger charge is -2.31. The van der Waals surface area contributed by atoms with Gasteiger partial charge in [-0.1, -0.05) is 29.8 Å². The van der Waals surface area contributed by atoms with Crippen LogP contribution in [0.25, 0.3) is 0 Å². The molecule has 0 radical (unpaired) electrons. The van der Waals surface area contributed by atoms with Gasteiger partial charge < -0.3 is 14.8 Å². The monoisotopic (exact) mass is 366 g/mol. The topological polar surface area (TPSA) is 50.8 Å². The van der Waals surface area contributed by atoms with Crippen LogP contribution in [0.15, 0.2) is 42.5 Å². The summed E-state index contributed by atoms with van der Waals surface area (Å²) in [7, 11) is 0. The van der Waals surface area contributed by atoms with Gasteiger partial charge in [-0.3, -0.25) is 9.69 Å². The van der Waals surface area contributed by atoms with Crippen molar-refractivity contribution in [3.8, 4) is 11.5 Å². The molecule has 2 aromatic carbocycles. The molecule has 0 aliphatic carbocycles. The number of rotatable bonds is 4. The summed E-state index contributed by atoms with van der Waals surface area (Å²) in [5.41, 5.74) is 3.39. The van der Waals surface area contributed by atoms with Gasteiger partial charge in [0, 0.05) is 24.2 Å². The van der Waals surface area contributed by atoms with Gasteiger partial charge in [-0.2, -0.15) is 0 Å². The van der Waals surface area contributed by atoms with E-state index in [9.17, 15) is 4.79 Å². The molecule has 2 heterocycles. The fraction of sp³-hybridized carbons (Fsp3) is 0.409. The summed E-state index contributed by atoms with van der Waals surface area (Å²) in [5.74, 6) is 1.60. The van der Waals surface area contributed by atoms with E-state index in [0.29, 0.717) is 19.0 Å². The van der Waals surface area contributed by atoms with Crippen LogP contribution < -0.4 is 14.8 Å². The molecular formula is C22H26N2O3. The van der Waals surface area contributed by atoms with Gasteiger partial charge in [0.25, 0.3) is 0 Å². The predicted octanol–water partition coefficient (Wildman–Crippen LogP) is 3.62. The number of nitrogens with zero attached hydrogens (tertiary/aromatic N) is 1. The highest BCUT2D eigenvalue weighted by Crippen LogP contribution is 2.33. The number of carbonyl (C=O) groups excluding carboxylic acids is 1. The normalized spacial score (nSPS) is 17.5. The predicted molar refractivity (Wildman–Crippen MR) is 105 cm³/mol. The van der Waals surface area contributed by atoms with Gasteiger partial charge in [-0.05, 0) is 50.6 Å². The van der Waals surface area contributed by atoms with Gasteiger partial charge in [0.05, 0.1) is 0 Å². The van der Waals surface area contributed by atoms with Crippen LogP contribution in [0.1, 0.15) is 24.0 Å². The van der Waals surface area contributed by atoms with E-state index in [0.717, 1.165) is 43.9 Å². The molecule has 1 amide bonds. The Kier molecular flexibility index (Phi) is 5.30. The third-order valence-corrected chi connectivity index (χ3v) is 5.29. The van der Waals surface area contributed by atoms with Crippen molar-refractivity contribution in [2.45, 2.75) is 26.3 Å². The molecule has 27 heavy (non-hydrogen) atoms. The lowest BCUT2D eigenvalue weighted by atomic mass is 9.95. The minimum atomic E-state index is 0.0625. The van der Waals surface area contributed by atoms with Crippen LogP contribution in [-0.4, -0.2) is 37.1 Å². The fourth-order valence-electron chi connectivity index (χ4n) is 3.67. The van der Waals surface area contributed by atoms with Crippen molar-refractivity contribution in [3.05, 3.63) is 53.6 Å². The number of likely N-dealkylation sites (tertiary alicyclic amines) is 1. The number of aryl methyl sites for hydroxylation is 1. The molecule has 4 rings (SSSR count). The first-order chi connectivity index (χ1) is 13.2. The molecule has 0 bridgehead atoms. The summed E-state index contributed by atoms with van der Waals surface area (Å²) in [6.45, 7) is 6.08. The van der Waals surface area contributed by atoms with Crippen molar-refractivity contribution in [3.63, 3.8) is 0 Å². The Labute approximate surface area is 160 Å². The summed E-state index contributed by atoms with van der Waals surface area (Å²) in [5, 5.41) is 3.04. The van der Waals surface area contributed by atoms with E-state index in [1.807, 2.05) is 18.2 Å². The van der Waals surface area contributed by atoms with E-state index in [-0.39, 0.29) is 11.8 Å².